The molecule has 2 aromatic rings. The Morgan fingerprint density at radius 1 is 1.24 bits per heavy atom. The van der Waals surface area contributed by atoms with Gasteiger partial charge in [-0.05, 0) is 0 Å². The molecule has 3 rings (SSSR count). The number of aromatic nitrogens is 4. The molecule has 1 saturated heterocycles. The third kappa shape index (κ3) is 2.39. The van der Waals surface area contributed by atoms with E-state index in [0.29, 0.717) is 23.3 Å². The maximum atomic E-state index is 9.80. The second-order valence-corrected chi connectivity index (χ2v) is 4.84. The van der Waals surface area contributed by atoms with Crippen LogP contribution in [0.25, 0.3) is 11.2 Å². The van der Waals surface area contributed by atoms with E-state index in [0.717, 1.165) is 0 Å². The molecule has 21 heavy (non-hydrogen) atoms. The van der Waals surface area contributed by atoms with Crippen molar-refractivity contribution in [3.05, 3.63) is 17.8 Å². The number of hydrogen-bond acceptors (Lipinski definition) is 8. The van der Waals surface area contributed by atoms with Crippen LogP contribution in [-0.4, -0.2) is 58.8 Å². The summed E-state index contributed by atoms with van der Waals surface area (Å²) in [4.78, 5) is 12.4. The van der Waals surface area contributed by atoms with Crippen LogP contribution in [0.4, 0.5) is 0 Å². The van der Waals surface area contributed by atoms with Crippen LogP contribution in [0.5, 0.6) is 0 Å². The van der Waals surface area contributed by atoms with Crippen molar-refractivity contribution < 1.29 is 25.2 Å². The topological polar surface area (TPSA) is 134 Å². The van der Waals surface area contributed by atoms with Crippen LogP contribution in [0.15, 0.2) is 6.33 Å². The smallest absolute Gasteiger partial charge is 0.166 e. The first-order chi connectivity index (χ1) is 10.2. The van der Waals surface area contributed by atoms with Crippen LogP contribution in [0.3, 0.4) is 0 Å². The van der Waals surface area contributed by atoms with E-state index in [-0.39, 0.29) is 25.6 Å². The van der Waals surface area contributed by atoms with E-state index in [1.807, 2.05) is 0 Å². The fourth-order valence-electron chi connectivity index (χ4n) is 2.47. The fourth-order valence-corrected chi connectivity index (χ4v) is 2.47. The first kappa shape index (κ1) is 14.3. The monoisotopic (exact) mass is 296 g/mol. The molecular formula is C12H16N4O5. The van der Waals surface area contributed by atoms with Crippen molar-refractivity contribution in [1.29, 1.82) is 0 Å². The van der Waals surface area contributed by atoms with Crippen LogP contribution >= 0.6 is 0 Å². The molecule has 2 aromatic heterocycles. The van der Waals surface area contributed by atoms with Crippen LogP contribution in [0.2, 0.25) is 0 Å². The van der Waals surface area contributed by atoms with E-state index in [4.69, 9.17) is 9.84 Å². The van der Waals surface area contributed by atoms with Gasteiger partial charge in [-0.25, -0.2) is 15.0 Å². The van der Waals surface area contributed by atoms with E-state index in [1.165, 1.54) is 6.33 Å². The number of ether oxygens (including phenoxy) is 1. The summed E-state index contributed by atoms with van der Waals surface area (Å²) in [6.07, 6.45) is -0.159. The Hall–Kier alpha value is -1.65. The summed E-state index contributed by atoms with van der Waals surface area (Å²) in [5.41, 5.74) is 1.15. The molecule has 4 N–H and O–H groups in total. The largest absolute Gasteiger partial charge is 0.394 e. The molecule has 0 radical (unpaired) electrons. The lowest BCUT2D eigenvalue weighted by Gasteiger charge is -2.14. The number of rotatable bonds is 4. The van der Waals surface area contributed by atoms with Gasteiger partial charge in [0.05, 0.1) is 31.3 Å². The van der Waals surface area contributed by atoms with E-state index in [2.05, 4.69) is 15.0 Å². The number of fused-ring (bicyclic) bond motifs is 1. The highest BCUT2D eigenvalue weighted by atomic mass is 16.5. The molecule has 9 heteroatoms. The molecule has 0 amide bonds. The molecular weight excluding hydrogens is 280 g/mol. The minimum atomic E-state index is -0.770. The van der Waals surface area contributed by atoms with Crippen LogP contribution in [-0.2, 0) is 18.0 Å². The highest BCUT2D eigenvalue weighted by molar-refractivity contribution is 5.73. The zero-order chi connectivity index (χ0) is 15.0. The minimum Gasteiger partial charge on any atom is -0.394 e. The highest BCUT2D eigenvalue weighted by Gasteiger charge is 2.35. The molecule has 3 heterocycles. The predicted octanol–water partition coefficient (Wildman–Crippen LogP) is -1.55. The molecule has 0 spiro atoms. The Morgan fingerprint density at radius 3 is 2.67 bits per heavy atom. The summed E-state index contributed by atoms with van der Waals surface area (Å²) >= 11 is 0. The van der Waals surface area contributed by atoms with E-state index >= 15 is 0 Å². The van der Waals surface area contributed by atoms with Crippen LogP contribution < -0.4 is 0 Å². The first-order valence-electron chi connectivity index (χ1n) is 6.56. The first-order valence-corrected chi connectivity index (χ1v) is 6.56. The van der Waals surface area contributed by atoms with Crippen molar-refractivity contribution in [3.63, 3.8) is 0 Å². The fraction of sp³-hybridized carbons (Fsp3) is 0.583. The minimum absolute atomic E-state index is 0.172. The zero-order valence-electron chi connectivity index (χ0n) is 11.1. The predicted molar refractivity (Wildman–Crippen MR) is 68.8 cm³/mol. The van der Waals surface area contributed by atoms with Gasteiger partial charge in [-0.1, -0.05) is 0 Å². The van der Waals surface area contributed by atoms with Crippen molar-refractivity contribution in [2.75, 3.05) is 6.61 Å². The van der Waals surface area contributed by atoms with Gasteiger partial charge in [0, 0.05) is 6.42 Å². The van der Waals surface area contributed by atoms with E-state index < -0.39 is 18.4 Å². The molecule has 114 valence electrons. The number of imidazole rings is 1. The van der Waals surface area contributed by atoms with Gasteiger partial charge < -0.3 is 25.2 Å². The number of nitrogens with zero attached hydrogens (tertiary/aromatic N) is 4. The van der Waals surface area contributed by atoms with Crippen LogP contribution in [0.1, 0.15) is 24.2 Å². The second kappa shape index (κ2) is 5.62. The molecule has 0 saturated carbocycles. The quantitative estimate of drug-likeness (QED) is 0.533. The van der Waals surface area contributed by atoms with E-state index in [1.54, 1.807) is 4.57 Å². The summed E-state index contributed by atoms with van der Waals surface area (Å²) in [7, 11) is 0. The lowest BCUT2D eigenvalue weighted by molar-refractivity contribution is -0.0432. The Morgan fingerprint density at radius 2 is 2.05 bits per heavy atom. The van der Waals surface area contributed by atoms with Gasteiger partial charge in [0.1, 0.15) is 24.5 Å². The van der Waals surface area contributed by atoms with Gasteiger partial charge in [0.2, 0.25) is 0 Å². The summed E-state index contributed by atoms with van der Waals surface area (Å²) in [6, 6.07) is 0. The van der Waals surface area contributed by atoms with E-state index in [9.17, 15) is 15.3 Å². The number of hydrogen-bond donors (Lipinski definition) is 4. The van der Waals surface area contributed by atoms with Crippen molar-refractivity contribution in [1.82, 2.24) is 19.5 Å². The third-order valence-electron chi connectivity index (χ3n) is 3.53. The normalized spacial score (nSPS) is 25.8. The molecule has 1 fully saturated rings. The Kier molecular flexibility index (Phi) is 3.83. The summed E-state index contributed by atoms with van der Waals surface area (Å²) in [6.45, 7) is -0.957. The average molecular weight is 296 g/mol. The average Bonchev–Trinajstić information content (AvgIpc) is 3.08. The standard InChI is InChI=1S/C12H16N4O5/c17-2-6-11-12(15-9(4-19)14-6)16(5-13-11)10-1-7(20)8(3-18)21-10/h5,7-8,10,17-20H,1-4H2/t7-,8+,10+/m0/s1. The summed E-state index contributed by atoms with van der Waals surface area (Å²) in [5, 5.41) is 37.4. The maximum Gasteiger partial charge on any atom is 0.166 e. The molecule has 1 aliphatic heterocycles. The van der Waals surface area contributed by atoms with Gasteiger partial charge in [0.15, 0.2) is 11.5 Å². The molecule has 0 aromatic carbocycles. The lowest BCUT2D eigenvalue weighted by atomic mass is 10.2. The summed E-state index contributed by atoms with van der Waals surface area (Å²) in [5.74, 6) is 0.172. The van der Waals surface area contributed by atoms with Gasteiger partial charge in [-0.15, -0.1) is 0 Å². The number of aliphatic hydroxyl groups excluding tert-OH is 4. The van der Waals surface area contributed by atoms with Crippen LogP contribution in [0, 0.1) is 0 Å². The summed E-state index contributed by atoms with van der Waals surface area (Å²) < 4.78 is 7.17. The zero-order valence-corrected chi connectivity index (χ0v) is 11.1. The molecule has 0 aliphatic carbocycles. The number of aliphatic hydroxyl groups is 4. The van der Waals surface area contributed by atoms with Gasteiger partial charge in [0.25, 0.3) is 0 Å². The Balaban J connectivity index is 2.04. The second-order valence-electron chi connectivity index (χ2n) is 4.84. The molecule has 3 atom stereocenters. The maximum absolute atomic E-state index is 9.80. The molecule has 0 unspecified atom stereocenters. The van der Waals surface area contributed by atoms with Gasteiger partial charge in [-0.3, -0.25) is 4.57 Å². The molecule has 1 aliphatic rings. The highest BCUT2D eigenvalue weighted by Crippen LogP contribution is 2.31. The Labute approximate surface area is 119 Å². The molecule has 9 nitrogen and oxygen atoms in total. The third-order valence-corrected chi connectivity index (χ3v) is 3.53. The van der Waals surface area contributed by atoms with Crippen molar-refractivity contribution in [2.24, 2.45) is 0 Å². The Bertz CT molecular complexity index is 646. The lowest BCUT2D eigenvalue weighted by Crippen LogP contribution is -2.24. The van der Waals surface area contributed by atoms with Crippen molar-refractivity contribution >= 4 is 11.2 Å². The van der Waals surface area contributed by atoms with Crippen molar-refractivity contribution in [3.8, 4) is 0 Å². The van der Waals surface area contributed by atoms with Gasteiger partial charge >= 0.3 is 0 Å². The van der Waals surface area contributed by atoms with Crippen molar-refractivity contribution in [2.45, 2.75) is 38.1 Å². The molecule has 0 bridgehead atoms. The SMILES string of the molecule is OCc1nc(CO)c2ncn([C@H]3C[C@H](O)[C@@H](CO)O3)c2n1. The van der Waals surface area contributed by atoms with Gasteiger partial charge in [-0.2, -0.15) is 0 Å².